The Morgan fingerprint density at radius 2 is 2.06 bits per heavy atom. The number of hydrogen-bond donors (Lipinski definition) is 1. The van der Waals surface area contributed by atoms with Crippen molar-refractivity contribution >= 4 is 33.2 Å². The molecule has 2 N–H and O–H groups in total. The standard InChI is InChI=1S/C14H13BrClNO/c1-9-5-6-10(12(16)7-9)8-18-14-11(15)3-2-4-13(14)17/h2-7H,8,17H2,1H3. The van der Waals surface area contributed by atoms with Crippen molar-refractivity contribution in [3.63, 3.8) is 0 Å². The second-order valence-corrected chi connectivity index (χ2v) is 5.30. The summed E-state index contributed by atoms with van der Waals surface area (Å²) in [6.45, 7) is 2.40. The molecule has 94 valence electrons. The molecule has 0 aliphatic heterocycles. The van der Waals surface area contributed by atoms with E-state index in [1.54, 1.807) is 6.07 Å². The molecule has 0 saturated heterocycles. The molecule has 2 aromatic carbocycles. The zero-order valence-corrected chi connectivity index (χ0v) is 12.3. The number of halogens is 2. The van der Waals surface area contributed by atoms with Crippen LogP contribution in [0.2, 0.25) is 5.02 Å². The van der Waals surface area contributed by atoms with Crippen LogP contribution in [0.25, 0.3) is 0 Å². The van der Waals surface area contributed by atoms with E-state index < -0.39 is 0 Å². The highest BCUT2D eigenvalue weighted by Gasteiger charge is 2.07. The zero-order valence-electron chi connectivity index (χ0n) is 9.91. The first-order valence-electron chi connectivity index (χ1n) is 5.50. The summed E-state index contributed by atoms with van der Waals surface area (Å²) >= 11 is 9.57. The van der Waals surface area contributed by atoms with Crippen molar-refractivity contribution < 1.29 is 4.74 Å². The first kappa shape index (κ1) is 13.2. The van der Waals surface area contributed by atoms with Crippen LogP contribution in [0, 0.1) is 6.92 Å². The molecule has 0 aliphatic carbocycles. The number of para-hydroxylation sites is 1. The lowest BCUT2D eigenvalue weighted by molar-refractivity contribution is 0.306. The minimum absolute atomic E-state index is 0.395. The third-order valence-electron chi connectivity index (χ3n) is 2.58. The Morgan fingerprint density at radius 3 is 2.72 bits per heavy atom. The van der Waals surface area contributed by atoms with Crippen LogP contribution < -0.4 is 10.5 Å². The van der Waals surface area contributed by atoms with Crippen molar-refractivity contribution in [2.75, 3.05) is 5.73 Å². The smallest absolute Gasteiger partial charge is 0.156 e. The topological polar surface area (TPSA) is 35.2 Å². The monoisotopic (exact) mass is 325 g/mol. The van der Waals surface area contributed by atoms with Crippen molar-refractivity contribution in [3.8, 4) is 5.75 Å². The van der Waals surface area contributed by atoms with Crippen LogP contribution in [0.1, 0.15) is 11.1 Å². The van der Waals surface area contributed by atoms with E-state index in [9.17, 15) is 0 Å². The third-order valence-corrected chi connectivity index (χ3v) is 3.55. The van der Waals surface area contributed by atoms with E-state index in [1.165, 1.54) is 0 Å². The molecule has 2 aromatic rings. The molecule has 0 heterocycles. The van der Waals surface area contributed by atoms with Gasteiger partial charge in [-0.25, -0.2) is 0 Å². The summed E-state index contributed by atoms with van der Waals surface area (Å²) in [5.74, 6) is 0.647. The van der Waals surface area contributed by atoms with Gasteiger partial charge in [0, 0.05) is 10.6 Å². The molecular weight excluding hydrogens is 314 g/mol. The van der Waals surface area contributed by atoms with Gasteiger partial charge in [0.05, 0.1) is 10.2 Å². The molecule has 0 spiro atoms. The molecule has 0 amide bonds. The number of benzene rings is 2. The number of rotatable bonds is 3. The summed E-state index contributed by atoms with van der Waals surface area (Å²) in [6, 6.07) is 11.5. The highest BCUT2D eigenvalue weighted by molar-refractivity contribution is 9.10. The van der Waals surface area contributed by atoms with Gasteiger partial charge >= 0.3 is 0 Å². The van der Waals surface area contributed by atoms with Gasteiger partial charge in [-0.2, -0.15) is 0 Å². The summed E-state index contributed by atoms with van der Waals surface area (Å²) in [5, 5.41) is 0.709. The number of anilines is 1. The van der Waals surface area contributed by atoms with E-state index in [1.807, 2.05) is 37.3 Å². The molecule has 0 aromatic heterocycles. The molecule has 0 atom stereocenters. The number of nitrogen functional groups attached to an aromatic ring is 1. The van der Waals surface area contributed by atoms with Crippen LogP contribution in [0.15, 0.2) is 40.9 Å². The quantitative estimate of drug-likeness (QED) is 0.838. The lowest BCUT2D eigenvalue weighted by atomic mass is 10.1. The Morgan fingerprint density at radius 1 is 1.28 bits per heavy atom. The van der Waals surface area contributed by atoms with Crippen molar-refractivity contribution in [1.29, 1.82) is 0 Å². The van der Waals surface area contributed by atoms with Crippen LogP contribution in [0.3, 0.4) is 0 Å². The maximum absolute atomic E-state index is 6.15. The number of hydrogen-bond acceptors (Lipinski definition) is 2. The molecule has 4 heteroatoms. The van der Waals surface area contributed by atoms with Gasteiger partial charge in [0.15, 0.2) is 5.75 Å². The molecule has 0 fully saturated rings. The van der Waals surface area contributed by atoms with Gasteiger partial charge in [-0.3, -0.25) is 0 Å². The molecule has 0 aliphatic rings. The number of nitrogens with two attached hydrogens (primary N) is 1. The average molecular weight is 327 g/mol. The molecule has 2 nitrogen and oxygen atoms in total. The zero-order chi connectivity index (χ0) is 13.1. The van der Waals surface area contributed by atoms with Gasteiger partial charge in [-0.05, 0) is 46.6 Å². The van der Waals surface area contributed by atoms with Crippen LogP contribution in [-0.4, -0.2) is 0 Å². The van der Waals surface area contributed by atoms with Crippen LogP contribution in [-0.2, 0) is 6.61 Å². The van der Waals surface area contributed by atoms with Gasteiger partial charge in [0.2, 0.25) is 0 Å². The van der Waals surface area contributed by atoms with Crippen molar-refractivity contribution in [2.45, 2.75) is 13.5 Å². The van der Waals surface area contributed by atoms with E-state index in [0.717, 1.165) is 15.6 Å². The lowest BCUT2D eigenvalue weighted by Crippen LogP contribution is -2.00. The average Bonchev–Trinajstić information content (AvgIpc) is 2.31. The van der Waals surface area contributed by atoms with E-state index >= 15 is 0 Å². The Balaban J connectivity index is 2.16. The fraction of sp³-hybridized carbons (Fsp3) is 0.143. The molecule has 0 bridgehead atoms. The van der Waals surface area contributed by atoms with E-state index in [2.05, 4.69) is 15.9 Å². The predicted octanol–water partition coefficient (Wildman–Crippen LogP) is 4.57. The Bertz CT molecular complexity index is 551. The van der Waals surface area contributed by atoms with Crippen LogP contribution in [0.4, 0.5) is 5.69 Å². The Labute approximate surface area is 120 Å². The fourth-order valence-electron chi connectivity index (χ4n) is 1.60. The first-order valence-corrected chi connectivity index (χ1v) is 6.67. The maximum Gasteiger partial charge on any atom is 0.156 e. The van der Waals surface area contributed by atoms with Crippen molar-refractivity contribution in [3.05, 3.63) is 57.0 Å². The number of ether oxygens (including phenoxy) is 1. The van der Waals surface area contributed by atoms with Crippen molar-refractivity contribution in [2.24, 2.45) is 0 Å². The Kier molecular flexibility index (Phi) is 4.15. The van der Waals surface area contributed by atoms with Gasteiger partial charge in [0.1, 0.15) is 6.61 Å². The summed E-state index contributed by atoms with van der Waals surface area (Å²) in [4.78, 5) is 0. The summed E-state index contributed by atoms with van der Waals surface area (Å²) in [7, 11) is 0. The van der Waals surface area contributed by atoms with Crippen LogP contribution in [0.5, 0.6) is 5.75 Å². The van der Waals surface area contributed by atoms with Gasteiger partial charge in [0.25, 0.3) is 0 Å². The minimum atomic E-state index is 0.395. The minimum Gasteiger partial charge on any atom is -0.485 e. The molecule has 0 radical (unpaired) electrons. The molecular formula is C14H13BrClNO. The number of aryl methyl sites for hydroxylation is 1. The highest BCUT2D eigenvalue weighted by atomic mass is 79.9. The third kappa shape index (κ3) is 2.98. The SMILES string of the molecule is Cc1ccc(COc2c(N)cccc2Br)c(Cl)c1. The lowest BCUT2D eigenvalue weighted by Gasteiger charge is -2.11. The van der Waals surface area contributed by atoms with Gasteiger partial charge in [-0.15, -0.1) is 0 Å². The second-order valence-electron chi connectivity index (χ2n) is 4.04. The Hall–Kier alpha value is -1.19. The normalized spacial score (nSPS) is 10.4. The van der Waals surface area contributed by atoms with Gasteiger partial charge in [-0.1, -0.05) is 29.8 Å². The van der Waals surface area contributed by atoms with Crippen LogP contribution >= 0.6 is 27.5 Å². The fourth-order valence-corrected chi connectivity index (χ4v) is 2.38. The molecule has 0 unspecified atom stereocenters. The first-order chi connectivity index (χ1) is 8.58. The van der Waals surface area contributed by atoms with E-state index in [0.29, 0.717) is 23.1 Å². The van der Waals surface area contributed by atoms with E-state index in [4.69, 9.17) is 22.1 Å². The largest absolute Gasteiger partial charge is 0.485 e. The molecule has 0 saturated carbocycles. The summed E-state index contributed by atoms with van der Waals surface area (Å²) in [5.41, 5.74) is 8.53. The highest BCUT2D eigenvalue weighted by Crippen LogP contribution is 2.32. The van der Waals surface area contributed by atoms with Crippen molar-refractivity contribution in [1.82, 2.24) is 0 Å². The summed E-state index contributed by atoms with van der Waals surface area (Å²) in [6.07, 6.45) is 0. The molecule has 2 rings (SSSR count). The predicted molar refractivity (Wildman–Crippen MR) is 79.1 cm³/mol. The second kappa shape index (κ2) is 5.63. The maximum atomic E-state index is 6.15. The van der Waals surface area contributed by atoms with E-state index in [-0.39, 0.29) is 0 Å². The van der Waals surface area contributed by atoms with Gasteiger partial charge < -0.3 is 10.5 Å². The molecule has 18 heavy (non-hydrogen) atoms. The summed E-state index contributed by atoms with van der Waals surface area (Å²) < 4.78 is 6.56.